The number of likely N-dealkylation sites (tertiary alicyclic amines) is 1. The van der Waals surface area contributed by atoms with Crippen molar-refractivity contribution in [3.63, 3.8) is 0 Å². The minimum atomic E-state index is -1.04. The highest BCUT2D eigenvalue weighted by molar-refractivity contribution is 6.38. The molecule has 0 aliphatic carbocycles. The highest BCUT2D eigenvalue weighted by Gasteiger charge is 2.48. The monoisotopic (exact) mass is 676 g/mol. The van der Waals surface area contributed by atoms with Crippen LogP contribution in [0, 0.1) is 22.7 Å². The zero-order valence-corrected chi connectivity index (χ0v) is 30.6. The van der Waals surface area contributed by atoms with Gasteiger partial charge in [-0.05, 0) is 41.9 Å². The second kappa shape index (κ2) is 17.7. The number of carbonyl (C=O) groups excluding carboxylic acids is 6. The van der Waals surface area contributed by atoms with Crippen molar-refractivity contribution in [2.75, 3.05) is 32.8 Å². The van der Waals surface area contributed by atoms with E-state index in [0.29, 0.717) is 39.0 Å². The lowest BCUT2D eigenvalue weighted by Crippen LogP contribution is -2.62. The van der Waals surface area contributed by atoms with Gasteiger partial charge in [0.2, 0.25) is 17.6 Å². The molecule has 6 amide bonds. The molecule has 48 heavy (non-hydrogen) atoms. The zero-order chi connectivity index (χ0) is 36.4. The maximum atomic E-state index is 14.4. The molecule has 2 aliphatic rings. The van der Waals surface area contributed by atoms with Crippen LogP contribution in [0.1, 0.15) is 94.4 Å². The van der Waals surface area contributed by atoms with Gasteiger partial charge in [-0.25, -0.2) is 9.59 Å². The Kier molecular flexibility index (Phi) is 14.9. The van der Waals surface area contributed by atoms with Crippen molar-refractivity contribution in [1.82, 2.24) is 31.1 Å². The van der Waals surface area contributed by atoms with Crippen molar-refractivity contribution in [2.24, 2.45) is 22.7 Å². The Labute approximate surface area is 286 Å². The average molecular weight is 677 g/mol. The summed E-state index contributed by atoms with van der Waals surface area (Å²) in [6.45, 7) is 22.4. The molecule has 0 saturated carbocycles. The van der Waals surface area contributed by atoms with E-state index in [4.69, 9.17) is 4.74 Å². The number of Topliss-reactive ketones (excluding diaryl/α,β-unsaturated/α-hetero) is 1. The maximum Gasteiger partial charge on any atom is 0.409 e. The number of hydrogen-bond acceptors (Lipinski definition) is 7. The van der Waals surface area contributed by atoms with Gasteiger partial charge in [0, 0.05) is 26.2 Å². The van der Waals surface area contributed by atoms with Crippen molar-refractivity contribution < 1.29 is 33.5 Å². The van der Waals surface area contributed by atoms with E-state index < -0.39 is 70.6 Å². The van der Waals surface area contributed by atoms with Gasteiger partial charge in [-0.3, -0.25) is 19.2 Å². The van der Waals surface area contributed by atoms with Crippen LogP contribution in [0.15, 0.2) is 12.7 Å². The van der Waals surface area contributed by atoms with Crippen molar-refractivity contribution in [3.8, 4) is 0 Å². The van der Waals surface area contributed by atoms with Gasteiger partial charge in [-0.1, -0.05) is 81.2 Å². The van der Waals surface area contributed by atoms with E-state index >= 15 is 0 Å². The first-order chi connectivity index (χ1) is 22.3. The molecular weight excluding hydrogens is 616 g/mol. The highest BCUT2D eigenvalue weighted by atomic mass is 16.6. The smallest absolute Gasteiger partial charge is 0.409 e. The van der Waals surface area contributed by atoms with Crippen LogP contribution < -0.4 is 21.3 Å². The lowest BCUT2D eigenvalue weighted by Gasteiger charge is -2.39. The Balaban J connectivity index is 2.32. The van der Waals surface area contributed by atoms with E-state index in [9.17, 15) is 28.8 Å². The van der Waals surface area contributed by atoms with Crippen LogP contribution in [-0.2, 0) is 23.9 Å². The summed E-state index contributed by atoms with van der Waals surface area (Å²) in [6.07, 6.45) is 3.97. The van der Waals surface area contributed by atoms with E-state index in [2.05, 4.69) is 27.8 Å². The SMILES string of the molecule is C=CCNC(=O)C(=O)C(CCCC)NC(=O)[C@@H]1C(C(C)C)CCN1C(=O)[C@@H](NC(=O)N[C@H](CN1CCCOC1=O)C(C)(C)C)C(C)(C)C. The van der Waals surface area contributed by atoms with Crippen molar-refractivity contribution in [2.45, 2.75) is 119 Å². The summed E-state index contributed by atoms with van der Waals surface area (Å²) in [6, 6.07) is -3.95. The molecular formula is C35H60N6O7. The molecule has 2 heterocycles. The molecule has 2 aliphatic heterocycles. The number of nitrogens with one attached hydrogen (secondary N) is 4. The molecule has 0 aromatic heterocycles. The number of carbonyl (C=O) groups is 6. The van der Waals surface area contributed by atoms with Crippen molar-refractivity contribution in [1.29, 1.82) is 0 Å². The van der Waals surface area contributed by atoms with Gasteiger partial charge in [0.25, 0.3) is 5.91 Å². The van der Waals surface area contributed by atoms with Crippen LogP contribution in [0.4, 0.5) is 9.59 Å². The van der Waals surface area contributed by atoms with E-state index in [1.54, 1.807) is 4.90 Å². The van der Waals surface area contributed by atoms with E-state index in [1.807, 2.05) is 62.3 Å². The molecule has 4 N–H and O–H groups in total. The fourth-order valence-electron chi connectivity index (χ4n) is 6.11. The molecule has 0 aromatic carbocycles. The van der Waals surface area contributed by atoms with Crippen LogP contribution in [0.5, 0.6) is 0 Å². The number of ether oxygens (including phenoxy) is 1. The predicted molar refractivity (Wildman–Crippen MR) is 184 cm³/mol. The number of rotatable bonds is 15. The molecule has 5 atom stereocenters. The third kappa shape index (κ3) is 11.2. The molecule has 13 nitrogen and oxygen atoms in total. The molecule has 0 bridgehead atoms. The van der Waals surface area contributed by atoms with Gasteiger partial charge in [-0.2, -0.15) is 0 Å². The normalized spacial score (nSPS) is 20.3. The molecule has 13 heteroatoms. The van der Waals surface area contributed by atoms with Crippen LogP contribution in [0.3, 0.4) is 0 Å². The topological polar surface area (TPSA) is 166 Å². The quantitative estimate of drug-likeness (QED) is 0.152. The van der Waals surface area contributed by atoms with Gasteiger partial charge in [-0.15, -0.1) is 6.58 Å². The first-order valence-corrected chi connectivity index (χ1v) is 17.4. The summed E-state index contributed by atoms with van der Waals surface area (Å²) in [4.78, 5) is 83.0. The van der Waals surface area contributed by atoms with Crippen LogP contribution in [-0.4, -0.2) is 102 Å². The number of amides is 6. The zero-order valence-electron chi connectivity index (χ0n) is 30.6. The average Bonchev–Trinajstić information content (AvgIpc) is 3.45. The molecule has 2 rings (SSSR count). The number of ketones is 1. The molecule has 272 valence electrons. The highest BCUT2D eigenvalue weighted by Crippen LogP contribution is 2.33. The van der Waals surface area contributed by atoms with E-state index in [1.165, 1.54) is 11.0 Å². The van der Waals surface area contributed by atoms with Crippen molar-refractivity contribution in [3.05, 3.63) is 12.7 Å². The van der Waals surface area contributed by atoms with Crippen LogP contribution in [0.25, 0.3) is 0 Å². The summed E-state index contributed by atoms with van der Waals surface area (Å²) in [7, 11) is 0. The third-order valence-electron chi connectivity index (χ3n) is 9.16. The number of cyclic esters (lactones) is 1. The summed E-state index contributed by atoms with van der Waals surface area (Å²) >= 11 is 0. The lowest BCUT2D eigenvalue weighted by atomic mass is 9.84. The van der Waals surface area contributed by atoms with Crippen molar-refractivity contribution >= 4 is 35.6 Å². The first-order valence-electron chi connectivity index (χ1n) is 17.4. The standard InChI is InChI=1S/C35H60N6O7/c1-11-13-15-24(27(42)30(44)36-17-12-2)37-29(43)26-23(22(3)4)16-19-41(26)31(45)28(35(8,9)10)39-32(46)38-25(34(5,6)7)21-40-18-14-20-48-33(40)47/h12,22-26,28H,2,11,13-21H2,1,3-10H3,(H,36,44)(H,37,43)(H2,38,39,46)/t23?,24?,25-,26+,28-/m1/s1. The second-order valence-electron chi connectivity index (χ2n) is 15.5. The van der Waals surface area contributed by atoms with E-state index in [0.717, 1.165) is 6.42 Å². The molecule has 2 unspecified atom stereocenters. The Hall–Kier alpha value is -3.64. The Morgan fingerprint density at radius 1 is 1.00 bits per heavy atom. The minimum absolute atomic E-state index is 0.0394. The van der Waals surface area contributed by atoms with Gasteiger partial charge in [0.1, 0.15) is 12.1 Å². The molecule has 0 radical (unpaired) electrons. The summed E-state index contributed by atoms with van der Waals surface area (Å²) in [5.41, 5.74) is -1.16. The number of hydrogen-bond donors (Lipinski definition) is 4. The largest absolute Gasteiger partial charge is 0.449 e. The molecule has 2 saturated heterocycles. The van der Waals surface area contributed by atoms with Gasteiger partial charge in [0.15, 0.2) is 0 Å². The maximum absolute atomic E-state index is 14.4. The van der Waals surface area contributed by atoms with Crippen LogP contribution >= 0.6 is 0 Å². The summed E-state index contributed by atoms with van der Waals surface area (Å²) in [5.74, 6) is -2.61. The third-order valence-corrected chi connectivity index (χ3v) is 9.16. The van der Waals surface area contributed by atoms with Gasteiger partial charge >= 0.3 is 12.1 Å². The number of unbranched alkanes of at least 4 members (excludes halogenated alkanes) is 1. The first kappa shape index (κ1) is 40.5. The number of nitrogens with zero attached hydrogens (tertiary/aromatic N) is 2. The Morgan fingerprint density at radius 3 is 2.21 bits per heavy atom. The molecule has 0 aromatic rings. The minimum Gasteiger partial charge on any atom is -0.449 e. The Morgan fingerprint density at radius 2 is 1.67 bits per heavy atom. The molecule has 2 fully saturated rings. The molecule has 0 spiro atoms. The Bertz CT molecular complexity index is 1170. The van der Waals surface area contributed by atoms with E-state index in [-0.39, 0.29) is 31.3 Å². The van der Waals surface area contributed by atoms with Crippen LogP contribution in [0.2, 0.25) is 0 Å². The predicted octanol–water partition coefficient (Wildman–Crippen LogP) is 3.38. The fraction of sp³-hybridized carbons (Fsp3) is 0.771. The van der Waals surface area contributed by atoms with Gasteiger partial charge < -0.3 is 35.8 Å². The lowest BCUT2D eigenvalue weighted by molar-refractivity contribution is -0.144. The fourth-order valence-corrected chi connectivity index (χ4v) is 6.11. The summed E-state index contributed by atoms with van der Waals surface area (Å²) in [5, 5.41) is 11.2. The van der Waals surface area contributed by atoms with Gasteiger partial charge in [0.05, 0.1) is 18.7 Å². The second-order valence-corrected chi connectivity index (χ2v) is 15.5. The number of urea groups is 1. The summed E-state index contributed by atoms with van der Waals surface area (Å²) < 4.78 is 5.18.